The zero-order valence-corrected chi connectivity index (χ0v) is 18.6. The monoisotopic (exact) mass is 428 g/mol. The highest BCUT2D eigenvalue weighted by molar-refractivity contribution is 7.19. The minimum absolute atomic E-state index is 0.353. The van der Waals surface area contributed by atoms with Gasteiger partial charge in [-0.1, -0.05) is 23.7 Å². The number of carboxylic acids is 1. The Kier molecular flexibility index (Phi) is 5.18. The highest BCUT2D eigenvalue weighted by Gasteiger charge is 2.32. The lowest BCUT2D eigenvalue weighted by Crippen LogP contribution is -2.42. The lowest BCUT2D eigenvalue weighted by Gasteiger charge is -2.29. The van der Waals surface area contributed by atoms with Gasteiger partial charge < -0.3 is 5.11 Å². The van der Waals surface area contributed by atoms with E-state index in [1.807, 2.05) is 58.0 Å². The van der Waals surface area contributed by atoms with E-state index in [-0.39, 0.29) is 5.54 Å². The Hall–Kier alpha value is -1.95. The third-order valence-corrected chi connectivity index (χ3v) is 6.62. The number of aromatic nitrogens is 1. The summed E-state index contributed by atoms with van der Waals surface area (Å²) in [5.74, 6) is -0.332. The third-order valence-electron chi connectivity index (χ3n) is 5.12. The highest BCUT2D eigenvalue weighted by atomic mass is 35.5. The Morgan fingerprint density at radius 3 is 2.48 bits per heavy atom. The number of rotatable bonds is 5. The van der Waals surface area contributed by atoms with Crippen LogP contribution in [0.15, 0.2) is 30.3 Å². The molecule has 1 aliphatic carbocycles. The molecular formula is C23H25ClN2O2S. The Morgan fingerprint density at radius 1 is 1.28 bits per heavy atom. The molecule has 0 spiro atoms. The lowest BCUT2D eigenvalue weighted by atomic mass is 9.89. The molecule has 0 bridgehead atoms. The molecule has 1 saturated carbocycles. The average Bonchev–Trinajstić information content (AvgIpc) is 3.39. The van der Waals surface area contributed by atoms with Crippen LogP contribution in [0.4, 0.5) is 0 Å². The molecule has 4 nitrogen and oxygen atoms in total. The van der Waals surface area contributed by atoms with E-state index in [1.54, 1.807) is 11.3 Å². The molecule has 1 aromatic heterocycles. The zero-order chi connectivity index (χ0) is 20.9. The van der Waals surface area contributed by atoms with Gasteiger partial charge in [0.05, 0.1) is 15.2 Å². The van der Waals surface area contributed by atoms with E-state index in [2.05, 4.69) is 5.32 Å². The van der Waals surface area contributed by atoms with Gasteiger partial charge >= 0.3 is 5.97 Å². The van der Waals surface area contributed by atoms with Crippen molar-refractivity contribution in [3.8, 4) is 11.1 Å². The minimum Gasteiger partial charge on any atom is -0.480 e. The molecule has 0 aliphatic heterocycles. The summed E-state index contributed by atoms with van der Waals surface area (Å²) in [4.78, 5) is 17.2. The van der Waals surface area contributed by atoms with Crippen molar-refractivity contribution < 1.29 is 9.90 Å². The molecule has 0 saturated heterocycles. The van der Waals surface area contributed by atoms with Crippen molar-refractivity contribution in [3.05, 3.63) is 51.5 Å². The van der Waals surface area contributed by atoms with Crippen LogP contribution in [0.5, 0.6) is 0 Å². The first-order chi connectivity index (χ1) is 13.6. The molecule has 0 amide bonds. The highest BCUT2D eigenvalue weighted by Crippen LogP contribution is 2.47. The van der Waals surface area contributed by atoms with Crippen LogP contribution in [-0.2, 0) is 4.79 Å². The van der Waals surface area contributed by atoms with Crippen LogP contribution in [-0.4, -0.2) is 21.6 Å². The number of hydrogen-bond donors (Lipinski definition) is 2. The molecular weight excluding hydrogens is 404 g/mol. The number of halogens is 1. The van der Waals surface area contributed by atoms with Crippen LogP contribution < -0.4 is 5.32 Å². The number of thiazole rings is 1. The number of fused-ring (bicyclic) bond motifs is 1. The number of carbonyl (C=O) groups is 1. The maximum Gasteiger partial charge on any atom is 0.325 e. The second-order valence-corrected chi connectivity index (χ2v) is 10.3. The summed E-state index contributed by atoms with van der Waals surface area (Å²) < 4.78 is 1.05. The van der Waals surface area contributed by atoms with Gasteiger partial charge in [0.1, 0.15) is 6.04 Å². The first-order valence-corrected chi connectivity index (χ1v) is 11.0. The van der Waals surface area contributed by atoms with Gasteiger partial charge in [-0.3, -0.25) is 10.1 Å². The van der Waals surface area contributed by atoms with E-state index in [4.69, 9.17) is 16.6 Å². The topological polar surface area (TPSA) is 62.2 Å². The average molecular weight is 429 g/mol. The fourth-order valence-corrected chi connectivity index (χ4v) is 5.12. The summed E-state index contributed by atoms with van der Waals surface area (Å²) in [6, 6.07) is 8.85. The van der Waals surface area contributed by atoms with E-state index < -0.39 is 12.0 Å². The Balaban J connectivity index is 2.01. The maximum atomic E-state index is 12.3. The number of aliphatic carboxylic acids is 1. The summed E-state index contributed by atoms with van der Waals surface area (Å²) in [5, 5.41) is 15.2. The number of benzene rings is 2. The standard InChI is InChI=1S/C23H25ClN2O2S/c1-12-11-16-20(29-21(25-16)14-5-6-14)18(13-7-9-15(24)10-8-13)17(12)19(22(27)28)26-23(2,3)4/h7-11,14,19,26H,5-6H2,1-4H3,(H,27,28)/t19-/m0/s1. The van der Waals surface area contributed by atoms with Crippen LogP contribution >= 0.6 is 22.9 Å². The predicted molar refractivity (Wildman–Crippen MR) is 120 cm³/mol. The molecule has 1 aliphatic rings. The van der Waals surface area contributed by atoms with Crippen molar-refractivity contribution in [2.75, 3.05) is 0 Å². The van der Waals surface area contributed by atoms with Gasteiger partial charge in [-0.15, -0.1) is 11.3 Å². The molecule has 3 aromatic rings. The molecule has 0 radical (unpaired) electrons. The second-order valence-electron chi connectivity index (χ2n) is 8.83. The van der Waals surface area contributed by atoms with E-state index in [0.717, 1.165) is 37.5 Å². The van der Waals surface area contributed by atoms with Gasteiger partial charge in [0.2, 0.25) is 0 Å². The van der Waals surface area contributed by atoms with Crippen LogP contribution in [0, 0.1) is 6.92 Å². The van der Waals surface area contributed by atoms with Gasteiger partial charge in [-0.05, 0) is 75.4 Å². The fourth-order valence-electron chi connectivity index (χ4n) is 3.70. The summed E-state index contributed by atoms with van der Waals surface area (Å²) >= 11 is 7.82. The van der Waals surface area contributed by atoms with Crippen molar-refractivity contribution in [2.24, 2.45) is 0 Å². The molecule has 152 valence electrons. The largest absolute Gasteiger partial charge is 0.480 e. The van der Waals surface area contributed by atoms with Gasteiger partial charge in [-0.2, -0.15) is 0 Å². The first-order valence-electron chi connectivity index (χ1n) is 9.84. The van der Waals surface area contributed by atoms with Crippen LogP contribution in [0.3, 0.4) is 0 Å². The van der Waals surface area contributed by atoms with E-state index >= 15 is 0 Å². The van der Waals surface area contributed by atoms with Gasteiger partial charge in [-0.25, -0.2) is 4.98 Å². The van der Waals surface area contributed by atoms with Crippen LogP contribution in [0.1, 0.15) is 61.7 Å². The summed E-state index contributed by atoms with van der Waals surface area (Å²) in [6.07, 6.45) is 2.37. The SMILES string of the molecule is Cc1cc2nc(C3CC3)sc2c(-c2ccc(Cl)cc2)c1[C@H](NC(C)(C)C)C(=O)O. The molecule has 1 atom stereocenters. The first kappa shape index (κ1) is 20.3. The molecule has 2 aromatic carbocycles. The van der Waals surface area contributed by atoms with Gasteiger partial charge in [0.15, 0.2) is 0 Å². The van der Waals surface area contributed by atoms with E-state index in [0.29, 0.717) is 10.9 Å². The predicted octanol–water partition coefficient (Wildman–Crippen LogP) is 6.32. The normalized spacial score (nSPS) is 15.6. The van der Waals surface area contributed by atoms with Crippen molar-refractivity contribution in [2.45, 2.75) is 58.0 Å². The molecule has 6 heteroatoms. The number of carboxylic acid groups (broad SMARTS) is 1. The van der Waals surface area contributed by atoms with Gasteiger partial charge in [0.25, 0.3) is 0 Å². The van der Waals surface area contributed by atoms with Crippen molar-refractivity contribution in [3.63, 3.8) is 0 Å². The molecule has 1 fully saturated rings. The molecule has 29 heavy (non-hydrogen) atoms. The second kappa shape index (κ2) is 7.38. The van der Waals surface area contributed by atoms with Crippen molar-refractivity contribution in [1.82, 2.24) is 10.3 Å². The fraction of sp³-hybridized carbons (Fsp3) is 0.391. The molecule has 1 heterocycles. The summed E-state index contributed by atoms with van der Waals surface area (Å²) in [5.41, 5.74) is 4.24. The summed E-state index contributed by atoms with van der Waals surface area (Å²) in [6.45, 7) is 7.93. The van der Waals surface area contributed by atoms with Crippen LogP contribution in [0.2, 0.25) is 5.02 Å². The maximum absolute atomic E-state index is 12.3. The number of hydrogen-bond acceptors (Lipinski definition) is 4. The Morgan fingerprint density at radius 2 is 1.93 bits per heavy atom. The summed E-state index contributed by atoms with van der Waals surface area (Å²) in [7, 11) is 0. The quantitative estimate of drug-likeness (QED) is 0.499. The van der Waals surface area contributed by atoms with Gasteiger partial charge in [0, 0.05) is 22.0 Å². The Bertz CT molecular complexity index is 1080. The number of nitrogens with one attached hydrogen (secondary N) is 1. The number of nitrogens with zero attached hydrogens (tertiary/aromatic N) is 1. The molecule has 2 N–H and O–H groups in total. The zero-order valence-electron chi connectivity index (χ0n) is 17.0. The minimum atomic E-state index is -0.885. The molecule has 0 unspecified atom stereocenters. The Labute approximate surface area is 179 Å². The van der Waals surface area contributed by atoms with Crippen LogP contribution in [0.25, 0.3) is 21.3 Å². The van der Waals surface area contributed by atoms with E-state index in [9.17, 15) is 9.90 Å². The lowest BCUT2D eigenvalue weighted by molar-refractivity contribution is -0.140. The third kappa shape index (κ3) is 4.18. The van der Waals surface area contributed by atoms with Crippen molar-refractivity contribution >= 4 is 39.1 Å². The van der Waals surface area contributed by atoms with E-state index in [1.165, 1.54) is 12.8 Å². The smallest absolute Gasteiger partial charge is 0.325 e. The molecule has 4 rings (SSSR count). The number of aryl methyl sites for hydroxylation is 1. The van der Waals surface area contributed by atoms with Crippen molar-refractivity contribution in [1.29, 1.82) is 0 Å².